The van der Waals surface area contributed by atoms with Gasteiger partial charge in [-0.1, -0.05) is 32.0 Å². The Bertz CT molecular complexity index is 428. The van der Waals surface area contributed by atoms with Gasteiger partial charge in [-0.25, -0.2) is 0 Å². The van der Waals surface area contributed by atoms with Crippen LogP contribution in [-0.4, -0.2) is 31.6 Å². The number of hydrogen-bond acceptors (Lipinski definition) is 2. The summed E-state index contributed by atoms with van der Waals surface area (Å²) >= 11 is 0. The quantitative estimate of drug-likeness (QED) is 0.825. The van der Waals surface area contributed by atoms with Crippen molar-refractivity contribution < 1.29 is 13.2 Å². The predicted octanol–water partition coefficient (Wildman–Crippen LogP) is 3.77. The van der Waals surface area contributed by atoms with Crippen molar-refractivity contribution in [1.29, 1.82) is 0 Å². The lowest BCUT2D eigenvalue weighted by Gasteiger charge is -2.26. The predicted molar refractivity (Wildman–Crippen MR) is 80.1 cm³/mol. The maximum atomic E-state index is 12.6. The van der Waals surface area contributed by atoms with E-state index in [1.165, 1.54) is 12.1 Å². The smallest absolute Gasteiger partial charge is 0.311 e. The van der Waals surface area contributed by atoms with Gasteiger partial charge < -0.3 is 10.2 Å². The number of likely N-dealkylation sites (N-methyl/N-ethyl adjacent to an activating group) is 1. The topological polar surface area (TPSA) is 15.3 Å². The molecule has 21 heavy (non-hydrogen) atoms. The maximum Gasteiger partial charge on any atom is 0.416 e. The molecule has 2 nitrogen and oxygen atoms in total. The summed E-state index contributed by atoms with van der Waals surface area (Å²) in [6, 6.07) is 5.87. The van der Waals surface area contributed by atoms with Gasteiger partial charge in [0.25, 0.3) is 0 Å². The van der Waals surface area contributed by atoms with Crippen molar-refractivity contribution in [2.24, 2.45) is 5.92 Å². The molecule has 1 rings (SSSR count). The summed E-state index contributed by atoms with van der Waals surface area (Å²) in [6.07, 6.45) is -3.22. The zero-order chi connectivity index (χ0) is 16.0. The largest absolute Gasteiger partial charge is 0.416 e. The molecule has 1 N–H and O–H groups in total. The summed E-state index contributed by atoms with van der Waals surface area (Å²) in [4.78, 5) is 2.15. The molecule has 0 aliphatic carbocycles. The van der Waals surface area contributed by atoms with Gasteiger partial charge in [-0.3, -0.25) is 0 Å². The SMILES string of the molecule is CC(C)CC(CNCc1cccc(C(F)(F)F)c1)N(C)C. The van der Waals surface area contributed by atoms with Gasteiger partial charge in [-0.05, 0) is 38.1 Å². The molecule has 0 bridgehead atoms. The molecule has 120 valence electrons. The van der Waals surface area contributed by atoms with Crippen LogP contribution >= 0.6 is 0 Å². The van der Waals surface area contributed by atoms with E-state index in [1.54, 1.807) is 6.07 Å². The molecule has 0 heterocycles. The first-order valence-electron chi connectivity index (χ1n) is 7.23. The molecule has 1 atom stereocenters. The van der Waals surface area contributed by atoms with E-state index in [0.717, 1.165) is 19.0 Å². The lowest BCUT2D eigenvalue weighted by molar-refractivity contribution is -0.137. The van der Waals surface area contributed by atoms with Gasteiger partial charge in [0.1, 0.15) is 0 Å². The van der Waals surface area contributed by atoms with Crippen LogP contribution in [0.2, 0.25) is 0 Å². The zero-order valence-corrected chi connectivity index (χ0v) is 13.2. The van der Waals surface area contributed by atoms with E-state index in [0.29, 0.717) is 24.1 Å². The summed E-state index contributed by atoms with van der Waals surface area (Å²) in [5.74, 6) is 0.591. The summed E-state index contributed by atoms with van der Waals surface area (Å²) < 4.78 is 37.9. The number of halogens is 3. The fraction of sp³-hybridized carbons (Fsp3) is 0.625. The second kappa shape index (κ2) is 7.80. The van der Waals surface area contributed by atoms with E-state index in [2.05, 4.69) is 24.1 Å². The monoisotopic (exact) mass is 302 g/mol. The fourth-order valence-corrected chi connectivity index (χ4v) is 2.26. The Hall–Kier alpha value is -1.07. The van der Waals surface area contributed by atoms with E-state index < -0.39 is 11.7 Å². The van der Waals surface area contributed by atoms with E-state index in [-0.39, 0.29) is 0 Å². The van der Waals surface area contributed by atoms with Gasteiger partial charge in [0.15, 0.2) is 0 Å². The highest BCUT2D eigenvalue weighted by Gasteiger charge is 2.30. The van der Waals surface area contributed by atoms with Crippen LogP contribution in [0.4, 0.5) is 13.2 Å². The second-order valence-electron chi connectivity index (χ2n) is 6.08. The third kappa shape index (κ3) is 6.48. The third-order valence-corrected chi connectivity index (χ3v) is 3.44. The number of alkyl halides is 3. The Morgan fingerprint density at radius 1 is 1.19 bits per heavy atom. The molecular weight excluding hydrogens is 277 g/mol. The number of hydrogen-bond donors (Lipinski definition) is 1. The first-order valence-corrected chi connectivity index (χ1v) is 7.23. The lowest BCUT2D eigenvalue weighted by Crippen LogP contribution is -2.38. The van der Waals surface area contributed by atoms with Crippen molar-refractivity contribution >= 4 is 0 Å². The molecule has 1 aromatic rings. The summed E-state index contributed by atoms with van der Waals surface area (Å²) in [7, 11) is 4.05. The molecule has 0 spiro atoms. The van der Waals surface area contributed by atoms with Crippen LogP contribution < -0.4 is 5.32 Å². The number of benzene rings is 1. The molecule has 0 saturated heterocycles. The van der Waals surface area contributed by atoms with Gasteiger partial charge in [-0.15, -0.1) is 0 Å². The lowest BCUT2D eigenvalue weighted by atomic mass is 10.0. The first kappa shape index (κ1) is 18.0. The van der Waals surface area contributed by atoms with E-state index in [1.807, 2.05) is 14.1 Å². The van der Waals surface area contributed by atoms with Gasteiger partial charge >= 0.3 is 6.18 Å². The minimum absolute atomic E-state index is 0.385. The minimum atomic E-state index is -4.28. The first-order chi connectivity index (χ1) is 9.70. The van der Waals surface area contributed by atoms with Crippen LogP contribution in [0.15, 0.2) is 24.3 Å². The van der Waals surface area contributed by atoms with Crippen LogP contribution in [0.3, 0.4) is 0 Å². The Balaban J connectivity index is 2.55. The highest BCUT2D eigenvalue weighted by atomic mass is 19.4. The maximum absolute atomic E-state index is 12.6. The Morgan fingerprint density at radius 3 is 2.38 bits per heavy atom. The van der Waals surface area contributed by atoms with E-state index >= 15 is 0 Å². The molecule has 0 aromatic heterocycles. The summed E-state index contributed by atoms with van der Waals surface area (Å²) in [5, 5.41) is 3.26. The molecule has 0 aliphatic rings. The van der Waals surface area contributed by atoms with Crippen LogP contribution in [0.25, 0.3) is 0 Å². The van der Waals surface area contributed by atoms with Gasteiger partial charge in [0.2, 0.25) is 0 Å². The number of nitrogens with zero attached hydrogens (tertiary/aromatic N) is 1. The molecule has 0 saturated carbocycles. The van der Waals surface area contributed by atoms with E-state index in [4.69, 9.17) is 0 Å². The van der Waals surface area contributed by atoms with Crippen LogP contribution in [0, 0.1) is 5.92 Å². The van der Waals surface area contributed by atoms with Gasteiger partial charge in [-0.2, -0.15) is 13.2 Å². The van der Waals surface area contributed by atoms with Crippen molar-refractivity contribution in [2.75, 3.05) is 20.6 Å². The Kier molecular flexibility index (Phi) is 6.68. The van der Waals surface area contributed by atoms with Crippen molar-refractivity contribution in [1.82, 2.24) is 10.2 Å². The molecule has 5 heteroatoms. The van der Waals surface area contributed by atoms with Gasteiger partial charge in [0.05, 0.1) is 5.56 Å². The summed E-state index contributed by atoms with van der Waals surface area (Å²) in [6.45, 7) is 5.56. The molecule has 0 amide bonds. The van der Waals surface area contributed by atoms with Crippen LogP contribution in [0.5, 0.6) is 0 Å². The molecule has 0 aliphatic heterocycles. The highest BCUT2D eigenvalue weighted by Crippen LogP contribution is 2.29. The minimum Gasteiger partial charge on any atom is -0.311 e. The van der Waals surface area contributed by atoms with Crippen LogP contribution in [-0.2, 0) is 12.7 Å². The average Bonchev–Trinajstić information content (AvgIpc) is 2.36. The fourth-order valence-electron chi connectivity index (χ4n) is 2.26. The van der Waals surface area contributed by atoms with Crippen molar-refractivity contribution in [3.63, 3.8) is 0 Å². The molecular formula is C16H25F3N2. The number of rotatable bonds is 7. The molecule has 0 fully saturated rings. The van der Waals surface area contributed by atoms with Crippen molar-refractivity contribution in [2.45, 2.75) is 39.0 Å². The van der Waals surface area contributed by atoms with E-state index in [9.17, 15) is 13.2 Å². The Labute approximate surface area is 125 Å². The average molecular weight is 302 g/mol. The molecule has 1 aromatic carbocycles. The zero-order valence-electron chi connectivity index (χ0n) is 13.2. The highest BCUT2D eigenvalue weighted by molar-refractivity contribution is 5.25. The third-order valence-electron chi connectivity index (χ3n) is 3.44. The van der Waals surface area contributed by atoms with Gasteiger partial charge in [0, 0.05) is 19.1 Å². The van der Waals surface area contributed by atoms with Crippen LogP contribution in [0.1, 0.15) is 31.4 Å². The van der Waals surface area contributed by atoms with Crippen molar-refractivity contribution in [3.8, 4) is 0 Å². The molecule has 1 unspecified atom stereocenters. The normalized spacial score (nSPS) is 14.0. The number of nitrogens with one attached hydrogen (secondary N) is 1. The molecule has 0 radical (unpaired) electrons. The van der Waals surface area contributed by atoms with Crippen molar-refractivity contribution in [3.05, 3.63) is 35.4 Å². The standard InChI is InChI=1S/C16H25F3N2/c1-12(2)8-15(21(3)4)11-20-10-13-6-5-7-14(9-13)16(17,18)19/h5-7,9,12,15,20H,8,10-11H2,1-4H3. The second-order valence-corrected chi connectivity index (χ2v) is 6.08. The Morgan fingerprint density at radius 2 is 1.86 bits per heavy atom. The summed E-state index contributed by atoms with van der Waals surface area (Å²) in [5.41, 5.74) is 0.0695.